The Morgan fingerprint density at radius 1 is 1.50 bits per heavy atom. The Morgan fingerprint density at radius 2 is 2.08 bits per heavy atom. The van der Waals surface area contributed by atoms with Gasteiger partial charge in [0.25, 0.3) is 0 Å². The Morgan fingerprint density at radius 3 is 2.58 bits per heavy atom. The van der Waals surface area contributed by atoms with E-state index in [-0.39, 0.29) is 6.42 Å². The van der Waals surface area contributed by atoms with Crippen molar-refractivity contribution in [3.63, 3.8) is 0 Å². The third-order valence-corrected chi connectivity index (χ3v) is 1.88. The number of hydrogen-bond acceptors (Lipinski definition) is 6. The van der Waals surface area contributed by atoms with Gasteiger partial charge in [0.2, 0.25) is 5.79 Å². The third-order valence-electron chi connectivity index (χ3n) is 1.88. The maximum Gasteiger partial charge on any atom is 0.220 e. The van der Waals surface area contributed by atoms with Crippen LogP contribution in [0.15, 0.2) is 0 Å². The number of aliphatic hydroxyl groups excluding tert-OH is 3. The van der Waals surface area contributed by atoms with E-state index < -0.39 is 30.8 Å². The predicted molar refractivity (Wildman–Crippen MR) is 37.7 cm³/mol. The Bertz CT molecular complexity index is 166. The molecule has 0 unspecified atom stereocenters. The summed E-state index contributed by atoms with van der Waals surface area (Å²) in [4.78, 5) is 0. The molecule has 6 heteroatoms. The molecule has 12 heavy (non-hydrogen) atoms. The van der Waals surface area contributed by atoms with Crippen molar-refractivity contribution < 1.29 is 25.2 Å². The molecule has 0 bridgehead atoms. The van der Waals surface area contributed by atoms with Gasteiger partial charge in [-0.2, -0.15) is 0 Å². The third kappa shape index (κ3) is 1.58. The topological polar surface area (TPSA) is 116 Å². The molecule has 1 aliphatic rings. The van der Waals surface area contributed by atoms with E-state index >= 15 is 0 Å². The van der Waals surface area contributed by atoms with Crippen molar-refractivity contribution in [3.05, 3.63) is 0 Å². The highest BCUT2D eigenvalue weighted by molar-refractivity contribution is 4.88. The zero-order valence-corrected chi connectivity index (χ0v) is 6.42. The zero-order valence-electron chi connectivity index (χ0n) is 6.42. The second-order valence-corrected chi connectivity index (χ2v) is 2.91. The quantitative estimate of drug-likeness (QED) is 0.295. The van der Waals surface area contributed by atoms with E-state index in [0.29, 0.717) is 0 Å². The van der Waals surface area contributed by atoms with Gasteiger partial charge in [0.1, 0.15) is 12.3 Å². The molecular weight excluding hydrogens is 166 g/mol. The Labute approximate surface area is 69.2 Å². The van der Waals surface area contributed by atoms with Crippen LogP contribution in [0.5, 0.6) is 0 Å². The average molecular weight is 179 g/mol. The lowest BCUT2D eigenvalue weighted by Gasteiger charge is -2.40. The lowest BCUT2D eigenvalue weighted by Crippen LogP contribution is -2.61. The first kappa shape index (κ1) is 9.85. The molecular formula is C6H13NO5. The molecule has 72 valence electrons. The Balaban J connectivity index is 2.72. The van der Waals surface area contributed by atoms with Gasteiger partial charge in [0.15, 0.2) is 0 Å². The van der Waals surface area contributed by atoms with Gasteiger partial charge >= 0.3 is 0 Å². The fraction of sp³-hybridized carbons (Fsp3) is 1.00. The first-order chi connectivity index (χ1) is 5.49. The number of aliphatic hydroxyl groups is 4. The van der Waals surface area contributed by atoms with Crippen LogP contribution >= 0.6 is 0 Å². The van der Waals surface area contributed by atoms with Gasteiger partial charge in [-0.05, 0) is 0 Å². The summed E-state index contributed by atoms with van der Waals surface area (Å²) < 4.78 is 4.68. The summed E-state index contributed by atoms with van der Waals surface area (Å²) in [5.41, 5.74) is 5.27. The van der Waals surface area contributed by atoms with Gasteiger partial charge in [-0.1, -0.05) is 0 Å². The molecule has 1 saturated heterocycles. The number of rotatable bonds is 1. The highest BCUT2D eigenvalue weighted by atomic mass is 16.7. The molecule has 1 heterocycles. The minimum absolute atomic E-state index is 0.0312. The van der Waals surface area contributed by atoms with Crippen molar-refractivity contribution >= 4 is 0 Å². The van der Waals surface area contributed by atoms with Crippen LogP contribution in [-0.2, 0) is 4.74 Å². The molecule has 0 aromatic carbocycles. The standard InChI is InChI=1S/C6H13NO5/c7-4-1-3(9)5(10)6(11,2-8)12-4/h3-5,8-11H,1-2,7H2/t3-,4+,5+,6-/m1/s1. The van der Waals surface area contributed by atoms with Gasteiger partial charge in [-0.3, -0.25) is 0 Å². The summed E-state index contributed by atoms with van der Waals surface area (Å²) in [7, 11) is 0. The molecule has 0 aromatic rings. The second-order valence-electron chi connectivity index (χ2n) is 2.91. The lowest BCUT2D eigenvalue weighted by atomic mass is 9.98. The van der Waals surface area contributed by atoms with E-state index in [2.05, 4.69) is 4.74 Å². The van der Waals surface area contributed by atoms with E-state index in [1.54, 1.807) is 0 Å². The molecule has 6 nitrogen and oxygen atoms in total. The smallest absolute Gasteiger partial charge is 0.220 e. The van der Waals surface area contributed by atoms with Crippen molar-refractivity contribution in [2.75, 3.05) is 6.61 Å². The molecule has 1 rings (SSSR count). The molecule has 0 radical (unpaired) electrons. The SMILES string of the molecule is N[C@@H]1C[C@@H](O)[C@H](O)[C@@](O)(CO)O1. The number of ether oxygens (including phenoxy) is 1. The average Bonchev–Trinajstić information content (AvgIpc) is 2.00. The van der Waals surface area contributed by atoms with Gasteiger partial charge in [0, 0.05) is 6.42 Å². The van der Waals surface area contributed by atoms with Crippen LogP contribution in [0.25, 0.3) is 0 Å². The molecule has 1 aliphatic heterocycles. The lowest BCUT2D eigenvalue weighted by molar-refractivity contribution is -0.331. The summed E-state index contributed by atoms with van der Waals surface area (Å²) in [6.45, 7) is -0.807. The largest absolute Gasteiger partial charge is 0.391 e. The van der Waals surface area contributed by atoms with Crippen LogP contribution in [0.4, 0.5) is 0 Å². The summed E-state index contributed by atoms with van der Waals surface area (Å²) in [6, 6.07) is 0. The van der Waals surface area contributed by atoms with Gasteiger partial charge in [-0.15, -0.1) is 0 Å². The molecule has 4 atom stereocenters. The fourth-order valence-corrected chi connectivity index (χ4v) is 1.18. The minimum Gasteiger partial charge on any atom is -0.391 e. The molecule has 6 N–H and O–H groups in total. The van der Waals surface area contributed by atoms with Crippen LogP contribution in [-0.4, -0.2) is 51.3 Å². The Hall–Kier alpha value is -0.240. The molecule has 1 fully saturated rings. The van der Waals surface area contributed by atoms with Crippen LogP contribution in [0.2, 0.25) is 0 Å². The van der Waals surface area contributed by atoms with Crippen LogP contribution in [0.1, 0.15) is 6.42 Å². The van der Waals surface area contributed by atoms with Crippen molar-refractivity contribution in [2.45, 2.75) is 30.6 Å². The van der Waals surface area contributed by atoms with Crippen LogP contribution < -0.4 is 5.73 Å². The summed E-state index contributed by atoms with van der Waals surface area (Å²) in [6.07, 6.45) is -3.54. The Kier molecular flexibility index (Phi) is 2.67. The van der Waals surface area contributed by atoms with E-state index in [1.165, 1.54) is 0 Å². The van der Waals surface area contributed by atoms with Gasteiger partial charge < -0.3 is 30.9 Å². The normalized spacial score (nSPS) is 49.2. The summed E-state index contributed by atoms with van der Waals surface area (Å²) in [5, 5.41) is 36.3. The molecule has 0 spiro atoms. The maximum atomic E-state index is 9.33. The number of nitrogens with two attached hydrogens (primary N) is 1. The van der Waals surface area contributed by atoms with Crippen molar-refractivity contribution in [1.29, 1.82) is 0 Å². The highest BCUT2D eigenvalue weighted by Crippen LogP contribution is 2.24. The van der Waals surface area contributed by atoms with Crippen molar-refractivity contribution in [3.8, 4) is 0 Å². The van der Waals surface area contributed by atoms with Crippen molar-refractivity contribution in [2.24, 2.45) is 5.73 Å². The second kappa shape index (κ2) is 3.25. The van der Waals surface area contributed by atoms with E-state index in [0.717, 1.165) is 0 Å². The zero-order chi connectivity index (χ0) is 9.35. The fourth-order valence-electron chi connectivity index (χ4n) is 1.18. The number of hydrogen-bond donors (Lipinski definition) is 5. The van der Waals surface area contributed by atoms with E-state index in [9.17, 15) is 10.2 Å². The monoisotopic (exact) mass is 179 g/mol. The molecule has 0 aliphatic carbocycles. The molecule has 0 amide bonds. The maximum absolute atomic E-state index is 9.33. The highest BCUT2D eigenvalue weighted by Gasteiger charge is 2.46. The molecule has 0 saturated carbocycles. The van der Waals surface area contributed by atoms with Crippen LogP contribution in [0.3, 0.4) is 0 Å². The molecule has 0 aromatic heterocycles. The minimum atomic E-state index is -2.14. The van der Waals surface area contributed by atoms with Crippen LogP contribution in [0, 0.1) is 0 Å². The first-order valence-electron chi connectivity index (χ1n) is 3.62. The van der Waals surface area contributed by atoms with Gasteiger partial charge in [0.05, 0.1) is 12.7 Å². The van der Waals surface area contributed by atoms with E-state index in [1.807, 2.05) is 0 Å². The van der Waals surface area contributed by atoms with Gasteiger partial charge in [-0.25, -0.2) is 0 Å². The first-order valence-corrected chi connectivity index (χ1v) is 3.62. The van der Waals surface area contributed by atoms with E-state index in [4.69, 9.17) is 15.9 Å². The summed E-state index contributed by atoms with van der Waals surface area (Å²) in [5.74, 6) is -2.14. The predicted octanol–water partition coefficient (Wildman–Crippen LogP) is -2.91. The van der Waals surface area contributed by atoms with Crippen molar-refractivity contribution in [1.82, 2.24) is 0 Å². The summed E-state index contributed by atoms with van der Waals surface area (Å²) >= 11 is 0.